The fourth-order valence-electron chi connectivity index (χ4n) is 2.99. The van der Waals surface area contributed by atoms with Gasteiger partial charge in [-0.05, 0) is 18.8 Å². The maximum Gasteiger partial charge on any atom is 0.163 e. The van der Waals surface area contributed by atoms with Crippen molar-refractivity contribution in [3.05, 3.63) is 41.6 Å². The van der Waals surface area contributed by atoms with E-state index in [2.05, 4.69) is 21.9 Å². The van der Waals surface area contributed by atoms with Gasteiger partial charge in [-0.3, -0.25) is 0 Å². The first kappa shape index (κ1) is 14.3. The van der Waals surface area contributed by atoms with Gasteiger partial charge < -0.3 is 4.90 Å². The fourth-order valence-corrected chi connectivity index (χ4v) is 3.17. The van der Waals surface area contributed by atoms with Gasteiger partial charge in [0.05, 0.1) is 0 Å². The van der Waals surface area contributed by atoms with Gasteiger partial charge in [-0.15, -0.1) is 0 Å². The van der Waals surface area contributed by atoms with Gasteiger partial charge in [0.25, 0.3) is 0 Å². The average molecular weight is 302 g/mol. The molecule has 0 aliphatic heterocycles. The summed E-state index contributed by atoms with van der Waals surface area (Å²) in [5.41, 5.74) is 0.996. The lowest BCUT2D eigenvalue weighted by atomic mass is 10.1. The summed E-state index contributed by atoms with van der Waals surface area (Å²) in [6, 6.07) is 11.8. The molecular formula is C17H20ClN3. The zero-order valence-corrected chi connectivity index (χ0v) is 13.1. The molecule has 0 bridgehead atoms. The molecule has 0 atom stereocenters. The Balaban J connectivity index is 1.83. The van der Waals surface area contributed by atoms with E-state index in [1.807, 2.05) is 36.4 Å². The molecule has 3 nitrogen and oxygen atoms in total. The fraction of sp³-hybridized carbons (Fsp3) is 0.412. The molecule has 1 fully saturated rings. The number of anilines is 1. The van der Waals surface area contributed by atoms with Crippen molar-refractivity contribution in [1.82, 2.24) is 9.97 Å². The number of nitrogens with zero attached hydrogens (tertiary/aromatic N) is 3. The van der Waals surface area contributed by atoms with E-state index in [0.29, 0.717) is 11.0 Å². The molecule has 1 saturated carbocycles. The summed E-state index contributed by atoms with van der Waals surface area (Å²) in [6.07, 6.45) is 5.38. The van der Waals surface area contributed by atoms with Crippen molar-refractivity contribution < 1.29 is 0 Å². The second kappa shape index (κ2) is 6.44. The van der Waals surface area contributed by atoms with Gasteiger partial charge in [0, 0.05) is 25.2 Å². The summed E-state index contributed by atoms with van der Waals surface area (Å²) in [5, 5.41) is 0.497. The van der Waals surface area contributed by atoms with Crippen LogP contribution in [0.3, 0.4) is 0 Å². The Labute approximate surface area is 131 Å². The summed E-state index contributed by atoms with van der Waals surface area (Å²) in [6.45, 7) is 1.04. The smallest absolute Gasteiger partial charge is 0.163 e. The van der Waals surface area contributed by atoms with E-state index in [9.17, 15) is 0 Å². The van der Waals surface area contributed by atoms with Gasteiger partial charge in [-0.25, -0.2) is 9.97 Å². The predicted molar refractivity (Wildman–Crippen MR) is 87.7 cm³/mol. The lowest BCUT2D eigenvalue weighted by Crippen LogP contribution is -2.25. The first-order valence-electron chi connectivity index (χ1n) is 7.53. The van der Waals surface area contributed by atoms with Crippen LogP contribution in [0.1, 0.15) is 25.7 Å². The van der Waals surface area contributed by atoms with Crippen molar-refractivity contribution in [2.45, 2.75) is 25.7 Å². The van der Waals surface area contributed by atoms with E-state index < -0.39 is 0 Å². The van der Waals surface area contributed by atoms with Crippen molar-refractivity contribution in [2.75, 3.05) is 18.5 Å². The number of hydrogen-bond acceptors (Lipinski definition) is 3. The highest BCUT2D eigenvalue weighted by Gasteiger charge is 2.18. The SMILES string of the molecule is CN(CC1CCCC1)c1cc(Cl)nc(-c2ccccc2)n1. The Bertz CT molecular complexity index is 594. The third kappa shape index (κ3) is 3.53. The standard InChI is InChI=1S/C17H20ClN3/c1-21(12-13-7-5-6-8-13)16-11-15(18)19-17(20-16)14-9-3-2-4-10-14/h2-4,9-11,13H,5-8,12H2,1H3. The molecule has 0 amide bonds. The van der Waals surface area contributed by atoms with Crippen LogP contribution in [-0.4, -0.2) is 23.6 Å². The van der Waals surface area contributed by atoms with E-state index >= 15 is 0 Å². The maximum absolute atomic E-state index is 6.18. The highest BCUT2D eigenvalue weighted by molar-refractivity contribution is 6.29. The molecule has 1 aliphatic carbocycles. The molecule has 1 aromatic carbocycles. The summed E-state index contributed by atoms with van der Waals surface area (Å²) in [4.78, 5) is 11.2. The zero-order chi connectivity index (χ0) is 14.7. The van der Waals surface area contributed by atoms with Gasteiger partial charge in [0.2, 0.25) is 0 Å². The molecule has 1 heterocycles. The van der Waals surface area contributed by atoms with Crippen LogP contribution in [0.4, 0.5) is 5.82 Å². The topological polar surface area (TPSA) is 29.0 Å². The molecule has 0 unspecified atom stereocenters. The summed E-state index contributed by atoms with van der Waals surface area (Å²) in [7, 11) is 2.09. The third-order valence-corrected chi connectivity index (χ3v) is 4.30. The van der Waals surface area contributed by atoms with Crippen molar-refractivity contribution in [1.29, 1.82) is 0 Å². The van der Waals surface area contributed by atoms with Gasteiger partial charge in [-0.1, -0.05) is 54.8 Å². The Kier molecular flexibility index (Phi) is 4.39. The molecule has 0 saturated heterocycles. The van der Waals surface area contributed by atoms with Crippen LogP contribution in [0, 0.1) is 5.92 Å². The number of aromatic nitrogens is 2. The monoisotopic (exact) mass is 301 g/mol. The minimum absolute atomic E-state index is 0.497. The Hall–Kier alpha value is -1.61. The number of benzene rings is 1. The Morgan fingerprint density at radius 1 is 1.14 bits per heavy atom. The lowest BCUT2D eigenvalue weighted by molar-refractivity contribution is 0.545. The highest BCUT2D eigenvalue weighted by Crippen LogP contribution is 2.27. The highest BCUT2D eigenvalue weighted by atomic mass is 35.5. The van der Waals surface area contributed by atoms with Crippen molar-refractivity contribution in [2.24, 2.45) is 5.92 Å². The van der Waals surface area contributed by atoms with Crippen LogP contribution >= 0.6 is 11.6 Å². The second-order valence-corrected chi connectivity index (χ2v) is 6.16. The minimum atomic E-state index is 0.497. The lowest BCUT2D eigenvalue weighted by Gasteiger charge is -2.22. The number of rotatable bonds is 4. The molecule has 0 spiro atoms. The van der Waals surface area contributed by atoms with Crippen LogP contribution in [0.2, 0.25) is 5.15 Å². The van der Waals surface area contributed by atoms with Gasteiger partial charge in [-0.2, -0.15) is 0 Å². The largest absolute Gasteiger partial charge is 0.359 e. The third-order valence-electron chi connectivity index (χ3n) is 4.11. The molecular weight excluding hydrogens is 282 g/mol. The Morgan fingerprint density at radius 3 is 2.57 bits per heavy atom. The van der Waals surface area contributed by atoms with E-state index in [1.165, 1.54) is 25.7 Å². The van der Waals surface area contributed by atoms with Crippen molar-refractivity contribution >= 4 is 17.4 Å². The molecule has 1 aliphatic rings. The quantitative estimate of drug-likeness (QED) is 0.783. The molecule has 21 heavy (non-hydrogen) atoms. The molecule has 1 aromatic heterocycles. The first-order chi connectivity index (χ1) is 10.2. The summed E-state index contributed by atoms with van der Waals surface area (Å²) in [5.74, 6) is 2.38. The van der Waals surface area contributed by atoms with Crippen LogP contribution < -0.4 is 4.90 Å². The van der Waals surface area contributed by atoms with Crippen molar-refractivity contribution in [3.8, 4) is 11.4 Å². The number of halogens is 1. The molecule has 110 valence electrons. The molecule has 4 heteroatoms. The predicted octanol–water partition coefficient (Wildman–Crippen LogP) is 4.42. The molecule has 2 aromatic rings. The zero-order valence-electron chi connectivity index (χ0n) is 12.3. The normalized spacial score (nSPS) is 15.3. The minimum Gasteiger partial charge on any atom is -0.359 e. The van der Waals surface area contributed by atoms with E-state index in [-0.39, 0.29) is 0 Å². The van der Waals surface area contributed by atoms with Crippen LogP contribution in [-0.2, 0) is 0 Å². The molecule has 0 radical (unpaired) electrons. The van der Waals surface area contributed by atoms with Crippen LogP contribution in [0.25, 0.3) is 11.4 Å². The van der Waals surface area contributed by atoms with Crippen LogP contribution in [0.5, 0.6) is 0 Å². The average Bonchev–Trinajstić information content (AvgIpc) is 3.00. The van der Waals surface area contributed by atoms with E-state index in [1.54, 1.807) is 0 Å². The number of hydrogen-bond donors (Lipinski definition) is 0. The van der Waals surface area contributed by atoms with E-state index in [0.717, 1.165) is 23.8 Å². The molecule has 3 rings (SSSR count). The summed E-state index contributed by atoms with van der Waals surface area (Å²) >= 11 is 6.18. The van der Waals surface area contributed by atoms with Crippen molar-refractivity contribution in [3.63, 3.8) is 0 Å². The Morgan fingerprint density at radius 2 is 1.86 bits per heavy atom. The van der Waals surface area contributed by atoms with E-state index in [4.69, 9.17) is 11.6 Å². The molecule has 0 N–H and O–H groups in total. The summed E-state index contributed by atoms with van der Waals surface area (Å²) < 4.78 is 0. The van der Waals surface area contributed by atoms with Gasteiger partial charge in [0.15, 0.2) is 5.82 Å². The second-order valence-electron chi connectivity index (χ2n) is 5.77. The first-order valence-corrected chi connectivity index (χ1v) is 7.91. The van der Waals surface area contributed by atoms with Gasteiger partial charge >= 0.3 is 0 Å². The van der Waals surface area contributed by atoms with Gasteiger partial charge in [0.1, 0.15) is 11.0 Å². The maximum atomic E-state index is 6.18. The van der Waals surface area contributed by atoms with Crippen LogP contribution in [0.15, 0.2) is 36.4 Å².